The zero-order valence-corrected chi connectivity index (χ0v) is 17.2. The molecule has 0 unspecified atom stereocenters. The fourth-order valence-electron chi connectivity index (χ4n) is 2.90. The Morgan fingerprint density at radius 1 is 1.00 bits per heavy atom. The summed E-state index contributed by atoms with van der Waals surface area (Å²) < 4.78 is 44.1. The van der Waals surface area contributed by atoms with Gasteiger partial charge in [0.15, 0.2) is 0 Å². The average Bonchev–Trinajstić information content (AvgIpc) is 2.78. The molecule has 0 atom stereocenters. The van der Waals surface area contributed by atoms with E-state index in [0.29, 0.717) is 24.3 Å². The number of hydrogen-bond acceptors (Lipinski definition) is 4. The second-order valence-electron chi connectivity index (χ2n) is 6.53. The summed E-state index contributed by atoms with van der Waals surface area (Å²) in [5.41, 5.74) is 5.81. The minimum absolute atomic E-state index is 0.402. The smallest absolute Gasteiger partial charge is 0.416 e. The monoisotopic (exact) mass is 431 g/mol. The Hall–Kier alpha value is -3.52. The van der Waals surface area contributed by atoms with Crippen molar-refractivity contribution in [3.63, 3.8) is 0 Å². The first-order valence-corrected chi connectivity index (χ1v) is 9.36. The van der Waals surface area contributed by atoms with Gasteiger partial charge >= 0.3 is 6.18 Å². The molecule has 0 spiro atoms. The largest absolute Gasteiger partial charge is 0.489 e. The van der Waals surface area contributed by atoms with Crippen molar-refractivity contribution in [1.82, 2.24) is 5.43 Å². The first kappa shape index (κ1) is 23.8. The zero-order chi connectivity index (χ0) is 22.9. The third kappa shape index (κ3) is 6.75. The molecule has 0 saturated carbocycles. The van der Waals surface area contributed by atoms with Gasteiger partial charge in [0.25, 0.3) is 0 Å². The van der Waals surface area contributed by atoms with Gasteiger partial charge in [-0.05, 0) is 53.9 Å². The van der Waals surface area contributed by atoms with E-state index in [9.17, 15) is 13.2 Å². The summed E-state index contributed by atoms with van der Waals surface area (Å²) in [7, 11) is 1.86. The molecule has 8 heteroatoms. The van der Waals surface area contributed by atoms with Crippen molar-refractivity contribution in [2.45, 2.75) is 19.7 Å². The van der Waals surface area contributed by atoms with Crippen LogP contribution in [0.1, 0.15) is 16.7 Å². The van der Waals surface area contributed by atoms with Crippen LogP contribution in [0.5, 0.6) is 5.75 Å². The first-order valence-electron chi connectivity index (χ1n) is 9.36. The lowest BCUT2D eigenvalue weighted by Gasteiger charge is -2.14. The molecule has 3 aromatic rings. The number of carbonyl (C=O) groups excluding carboxylic acids is 1. The maximum absolute atomic E-state index is 12.7. The normalized spacial score (nSPS) is 10.5. The molecule has 1 amide bonds. The van der Waals surface area contributed by atoms with Crippen LogP contribution in [0.4, 0.5) is 18.9 Å². The molecule has 3 rings (SSSR count). The van der Waals surface area contributed by atoms with E-state index in [1.807, 2.05) is 56.4 Å². The summed E-state index contributed by atoms with van der Waals surface area (Å²) in [5, 5.41) is 3.16. The SMILES string of the molecule is CNc1cccc(C)c1COc1cccc(-c2ccc(C(F)(F)F)cc2)c1.NNC=O. The Balaban J connectivity index is 0.000000785. The standard InChI is InChI=1S/C22H20F3NO.CH4N2O/c1-15-5-3-8-21(26-2)20(15)14-27-19-7-4-6-17(13-19)16-9-11-18(12-10-16)22(23,24)25;2-3-1-4/h3-13,26H,14H2,1-2H3;1H,2H2,(H,3,4). The minimum atomic E-state index is -4.33. The molecule has 31 heavy (non-hydrogen) atoms. The number of hydrazine groups is 1. The van der Waals surface area contributed by atoms with Gasteiger partial charge in [0.2, 0.25) is 6.41 Å². The molecule has 3 aromatic carbocycles. The quantitative estimate of drug-likeness (QED) is 0.224. The second kappa shape index (κ2) is 11.0. The minimum Gasteiger partial charge on any atom is -0.489 e. The van der Waals surface area contributed by atoms with Crippen molar-refractivity contribution >= 4 is 12.1 Å². The summed E-state index contributed by atoms with van der Waals surface area (Å²) >= 11 is 0. The van der Waals surface area contributed by atoms with E-state index in [1.165, 1.54) is 12.1 Å². The van der Waals surface area contributed by atoms with Crippen molar-refractivity contribution in [3.05, 3.63) is 83.4 Å². The number of rotatable bonds is 6. The van der Waals surface area contributed by atoms with Crippen LogP contribution in [0, 0.1) is 6.92 Å². The van der Waals surface area contributed by atoms with Crippen molar-refractivity contribution in [2.24, 2.45) is 5.84 Å². The van der Waals surface area contributed by atoms with Gasteiger partial charge in [-0.3, -0.25) is 10.2 Å². The van der Waals surface area contributed by atoms with E-state index in [2.05, 4.69) is 11.2 Å². The molecule has 0 fully saturated rings. The Kier molecular flexibility index (Phi) is 8.45. The van der Waals surface area contributed by atoms with Crippen molar-refractivity contribution in [2.75, 3.05) is 12.4 Å². The lowest BCUT2D eigenvalue weighted by molar-refractivity contribution is -0.137. The summed E-state index contributed by atoms with van der Waals surface area (Å²) in [4.78, 5) is 8.94. The molecule has 0 bridgehead atoms. The summed E-state index contributed by atoms with van der Waals surface area (Å²) in [6, 6.07) is 18.5. The predicted octanol–water partition coefficient (Wildman–Crippen LogP) is 4.91. The summed E-state index contributed by atoms with van der Waals surface area (Å²) in [6.07, 6.45) is -3.93. The second-order valence-corrected chi connectivity index (χ2v) is 6.53. The van der Waals surface area contributed by atoms with Gasteiger partial charge in [-0.25, -0.2) is 5.84 Å². The van der Waals surface area contributed by atoms with Crippen LogP contribution in [0.25, 0.3) is 11.1 Å². The third-order valence-electron chi connectivity index (χ3n) is 4.51. The van der Waals surface area contributed by atoms with E-state index in [4.69, 9.17) is 9.53 Å². The highest BCUT2D eigenvalue weighted by Gasteiger charge is 2.29. The Morgan fingerprint density at radius 3 is 2.23 bits per heavy atom. The number of ether oxygens (including phenoxy) is 1. The van der Waals surface area contributed by atoms with Crippen LogP contribution in [0.2, 0.25) is 0 Å². The number of nitrogens with one attached hydrogen (secondary N) is 2. The van der Waals surface area contributed by atoms with Gasteiger partial charge in [0.05, 0.1) is 5.56 Å². The molecule has 0 aliphatic heterocycles. The van der Waals surface area contributed by atoms with Crippen LogP contribution < -0.4 is 21.3 Å². The van der Waals surface area contributed by atoms with Crippen LogP contribution in [-0.2, 0) is 17.6 Å². The van der Waals surface area contributed by atoms with E-state index in [0.717, 1.165) is 34.5 Å². The number of amides is 1. The van der Waals surface area contributed by atoms with Crippen molar-refractivity contribution in [1.29, 1.82) is 0 Å². The van der Waals surface area contributed by atoms with Crippen LogP contribution in [0.3, 0.4) is 0 Å². The number of alkyl halides is 3. The van der Waals surface area contributed by atoms with Gasteiger partial charge in [-0.2, -0.15) is 13.2 Å². The highest BCUT2D eigenvalue weighted by atomic mass is 19.4. The number of aryl methyl sites for hydroxylation is 1. The van der Waals surface area contributed by atoms with Gasteiger partial charge in [-0.15, -0.1) is 0 Å². The molecule has 4 N–H and O–H groups in total. The van der Waals surface area contributed by atoms with E-state index >= 15 is 0 Å². The molecular formula is C23H24F3N3O2. The maximum atomic E-state index is 12.7. The Labute approximate surface area is 179 Å². The van der Waals surface area contributed by atoms with E-state index in [1.54, 1.807) is 5.43 Å². The molecule has 5 nitrogen and oxygen atoms in total. The van der Waals surface area contributed by atoms with Gasteiger partial charge in [0, 0.05) is 18.3 Å². The maximum Gasteiger partial charge on any atom is 0.416 e. The van der Waals surface area contributed by atoms with Crippen molar-refractivity contribution in [3.8, 4) is 16.9 Å². The van der Waals surface area contributed by atoms with E-state index in [-0.39, 0.29) is 0 Å². The Morgan fingerprint density at radius 2 is 1.65 bits per heavy atom. The highest BCUT2D eigenvalue weighted by Crippen LogP contribution is 2.32. The third-order valence-corrected chi connectivity index (χ3v) is 4.51. The fraction of sp³-hybridized carbons (Fsp3) is 0.174. The molecule has 0 saturated heterocycles. The molecular weight excluding hydrogens is 407 g/mol. The fourth-order valence-corrected chi connectivity index (χ4v) is 2.90. The first-order chi connectivity index (χ1) is 14.8. The molecule has 0 heterocycles. The predicted molar refractivity (Wildman–Crippen MR) is 115 cm³/mol. The summed E-state index contributed by atoms with van der Waals surface area (Å²) in [5.74, 6) is 5.07. The Bertz CT molecular complexity index is 990. The van der Waals surface area contributed by atoms with Crippen LogP contribution in [0.15, 0.2) is 66.7 Å². The molecule has 0 radical (unpaired) electrons. The number of benzene rings is 3. The number of hydrogen-bond donors (Lipinski definition) is 3. The van der Waals surface area contributed by atoms with E-state index < -0.39 is 11.7 Å². The zero-order valence-electron chi connectivity index (χ0n) is 17.2. The average molecular weight is 431 g/mol. The number of carbonyl (C=O) groups is 1. The van der Waals surface area contributed by atoms with Crippen LogP contribution in [-0.4, -0.2) is 13.5 Å². The lowest BCUT2D eigenvalue weighted by atomic mass is 10.0. The van der Waals surface area contributed by atoms with Gasteiger partial charge in [-0.1, -0.05) is 36.4 Å². The topological polar surface area (TPSA) is 76.4 Å². The molecule has 0 aromatic heterocycles. The lowest BCUT2D eigenvalue weighted by Crippen LogP contribution is -2.18. The molecule has 0 aliphatic carbocycles. The van der Waals surface area contributed by atoms with Crippen LogP contribution >= 0.6 is 0 Å². The summed E-state index contributed by atoms with van der Waals surface area (Å²) in [6.45, 7) is 2.43. The van der Waals surface area contributed by atoms with Gasteiger partial charge in [0.1, 0.15) is 12.4 Å². The molecule has 0 aliphatic rings. The van der Waals surface area contributed by atoms with Gasteiger partial charge < -0.3 is 10.1 Å². The number of anilines is 1. The van der Waals surface area contributed by atoms with Crippen molar-refractivity contribution < 1.29 is 22.7 Å². The highest BCUT2D eigenvalue weighted by molar-refractivity contribution is 5.65. The molecule has 164 valence electrons. The number of halogens is 3. The number of nitrogens with two attached hydrogens (primary N) is 1.